The van der Waals surface area contributed by atoms with Gasteiger partial charge in [0, 0.05) is 12.8 Å². The van der Waals surface area contributed by atoms with Crippen LogP contribution >= 0.6 is 0 Å². The van der Waals surface area contributed by atoms with Crippen molar-refractivity contribution >= 4 is 33.5 Å². The minimum atomic E-state index is -0.476. The summed E-state index contributed by atoms with van der Waals surface area (Å²) in [6, 6.07) is 32.7. The van der Waals surface area contributed by atoms with Crippen LogP contribution in [0.15, 0.2) is 127 Å². The fourth-order valence-electron chi connectivity index (χ4n) is 4.83. The second-order valence-electron chi connectivity index (χ2n) is 11.3. The summed E-state index contributed by atoms with van der Waals surface area (Å²) in [5.41, 5.74) is 0.680. The minimum Gasteiger partial charge on any atom is -0.493 e. The molecule has 0 aliphatic heterocycles. The first-order valence-corrected chi connectivity index (χ1v) is 16.3. The van der Waals surface area contributed by atoms with Crippen molar-refractivity contribution in [1.82, 2.24) is 0 Å². The van der Waals surface area contributed by atoms with E-state index >= 15 is 0 Å². The minimum absolute atomic E-state index is 0.151. The maximum atomic E-state index is 12.5. The molecule has 0 radical (unpaired) electrons. The molecule has 0 aliphatic carbocycles. The normalized spacial score (nSPS) is 11.6. The van der Waals surface area contributed by atoms with E-state index in [2.05, 4.69) is 0 Å². The van der Waals surface area contributed by atoms with Crippen LogP contribution in [0.5, 0.6) is 28.7 Å². The molecule has 9 nitrogen and oxygen atoms in total. The molecule has 0 fully saturated rings. The van der Waals surface area contributed by atoms with Crippen LogP contribution in [0.4, 0.5) is 0 Å². The van der Waals surface area contributed by atoms with Gasteiger partial charge < -0.3 is 33.2 Å². The van der Waals surface area contributed by atoms with E-state index in [1.54, 1.807) is 39.2 Å². The van der Waals surface area contributed by atoms with Crippen LogP contribution in [0.3, 0.4) is 0 Å². The van der Waals surface area contributed by atoms with Crippen molar-refractivity contribution in [3.05, 3.63) is 127 Å². The maximum Gasteiger partial charge on any atom is 0.336 e. The van der Waals surface area contributed by atoms with Gasteiger partial charge in [-0.2, -0.15) is 0 Å². The van der Waals surface area contributed by atoms with Crippen LogP contribution in [0.1, 0.15) is 26.7 Å². The molecule has 0 aliphatic rings. The number of carbonyl (C=O) groups excluding carboxylic acids is 2. The molecule has 5 aromatic carbocycles. The Kier molecular flexibility index (Phi) is 12.7. The van der Waals surface area contributed by atoms with E-state index in [0.717, 1.165) is 21.5 Å². The third kappa shape index (κ3) is 10.0. The molecule has 0 amide bonds. The Bertz CT molecular complexity index is 1980. The molecule has 0 aromatic heterocycles. The number of benzene rings is 5. The van der Waals surface area contributed by atoms with Crippen LogP contribution in [0, 0.1) is 0 Å². The zero-order chi connectivity index (χ0) is 35.1. The number of methoxy groups -OCH3 is 1. The third-order valence-electron chi connectivity index (χ3n) is 7.54. The van der Waals surface area contributed by atoms with E-state index in [-0.39, 0.29) is 26.4 Å². The molecule has 9 heteroatoms. The predicted molar refractivity (Wildman–Crippen MR) is 192 cm³/mol. The second-order valence-corrected chi connectivity index (χ2v) is 11.3. The van der Waals surface area contributed by atoms with Gasteiger partial charge in [-0.3, -0.25) is 0 Å². The molecule has 0 spiro atoms. The summed E-state index contributed by atoms with van der Waals surface area (Å²) in [7, 11) is 1.54. The van der Waals surface area contributed by atoms with Gasteiger partial charge in [0.15, 0.2) is 11.5 Å². The lowest BCUT2D eigenvalue weighted by Crippen LogP contribution is -2.12. The zero-order valence-electron chi connectivity index (χ0n) is 28.4. The van der Waals surface area contributed by atoms with Gasteiger partial charge in [0.25, 0.3) is 0 Å². The van der Waals surface area contributed by atoms with Gasteiger partial charge in [0.2, 0.25) is 5.75 Å². The van der Waals surface area contributed by atoms with E-state index in [9.17, 15) is 9.59 Å². The molecular weight excluding hydrogens is 636 g/mol. The molecule has 5 rings (SSSR count). The van der Waals surface area contributed by atoms with Gasteiger partial charge in [-0.15, -0.1) is 0 Å². The maximum absolute atomic E-state index is 12.5. The largest absolute Gasteiger partial charge is 0.493 e. The fraction of sp³-hybridized carbons (Fsp3) is 0.220. The van der Waals surface area contributed by atoms with Gasteiger partial charge in [-0.1, -0.05) is 66.7 Å². The van der Waals surface area contributed by atoms with Gasteiger partial charge in [0.1, 0.15) is 24.0 Å². The van der Waals surface area contributed by atoms with E-state index in [1.807, 2.05) is 84.9 Å². The molecule has 0 atom stereocenters. The van der Waals surface area contributed by atoms with Crippen LogP contribution in [0.25, 0.3) is 21.5 Å². The highest BCUT2D eigenvalue weighted by molar-refractivity contribution is 5.88. The van der Waals surface area contributed by atoms with Crippen LogP contribution in [-0.2, 0) is 19.1 Å². The molecule has 258 valence electrons. The Balaban J connectivity index is 1.01. The fourth-order valence-corrected chi connectivity index (χ4v) is 4.83. The standard InChI is InChI=1S/C41H40O9/c1-29(27-49-35-19-17-31-11-4-6-13-33(31)25-35)40(42)47-23-9-21-45-38-16-8-15-37(44-3)39(38)46-22-10-24-48-41(43)30(2)28-50-36-20-18-32-12-5-7-14-34(32)26-36/h4-8,11-20,25-28H,9-10,21-24H2,1-3H3. The summed E-state index contributed by atoms with van der Waals surface area (Å²) in [5, 5.41) is 4.31. The Morgan fingerprint density at radius 2 is 1.02 bits per heavy atom. The monoisotopic (exact) mass is 676 g/mol. The smallest absolute Gasteiger partial charge is 0.336 e. The van der Waals surface area contributed by atoms with Gasteiger partial charge in [-0.25, -0.2) is 9.59 Å². The Morgan fingerprint density at radius 1 is 0.540 bits per heavy atom. The van der Waals surface area contributed by atoms with E-state index < -0.39 is 11.9 Å². The number of ether oxygens (including phenoxy) is 7. The average molecular weight is 677 g/mol. The lowest BCUT2D eigenvalue weighted by Gasteiger charge is -2.16. The number of rotatable bonds is 17. The Hall–Kier alpha value is -5.96. The van der Waals surface area contributed by atoms with Crippen molar-refractivity contribution in [2.24, 2.45) is 0 Å². The number of para-hydroxylation sites is 1. The number of hydrogen-bond acceptors (Lipinski definition) is 9. The molecule has 0 N–H and O–H groups in total. The van der Waals surface area contributed by atoms with Crippen LogP contribution < -0.4 is 23.7 Å². The van der Waals surface area contributed by atoms with Crippen molar-refractivity contribution in [2.45, 2.75) is 26.7 Å². The summed E-state index contributed by atoms with van der Waals surface area (Å²) in [4.78, 5) is 24.9. The van der Waals surface area contributed by atoms with Crippen LogP contribution in [0.2, 0.25) is 0 Å². The Labute approximate surface area is 291 Å². The van der Waals surface area contributed by atoms with Crippen molar-refractivity contribution in [1.29, 1.82) is 0 Å². The van der Waals surface area contributed by atoms with Gasteiger partial charge in [0.05, 0.1) is 44.7 Å². The quantitative estimate of drug-likeness (QED) is 0.0415. The summed E-state index contributed by atoms with van der Waals surface area (Å²) in [6.45, 7) is 4.12. The topological polar surface area (TPSA) is 98.8 Å². The molecule has 0 saturated carbocycles. The zero-order valence-corrected chi connectivity index (χ0v) is 28.4. The van der Waals surface area contributed by atoms with E-state index in [1.165, 1.54) is 12.5 Å². The lowest BCUT2D eigenvalue weighted by atomic mass is 10.1. The first-order chi connectivity index (χ1) is 24.4. The number of fused-ring (bicyclic) bond motifs is 2. The molecule has 5 aromatic rings. The molecule has 0 heterocycles. The van der Waals surface area contributed by atoms with Gasteiger partial charge in [-0.05, 0) is 71.8 Å². The average Bonchev–Trinajstić information content (AvgIpc) is 3.15. The van der Waals surface area contributed by atoms with Crippen molar-refractivity contribution in [2.75, 3.05) is 33.5 Å². The number of hydrogen-bond donors (Lipinski definition) is 0. The highest BCUT2D eigenvalue weighted by Crippen LogP contribution is 2.37. The van der Waals surface area contributed by atoms with Crippen molar-refractivity contribution < 1.29 is 42.7 Å². The van der Waals surface area contributed by atoms with E-state index in [0.29, 0.717) is 52.7 Å². The summed E-state index contributed by atoms with van der Waals surface area (Å²) < 4.78 is 39.5. The molecular formula is C41H40O9. The van der Waals surface area contributed by atoms with Crippen molar-refractivity contribution in [3.8, 4) is 28.7 Å². The predicted octanol–water partition coefficient (Wildman–Crippen LogP) is 8.59. The first-order valence-electron chi connectivity index (χ1n) is 16.3. The third-order valence-corrected chi connectivity index (χ3v) is 7.54. The first kappa shape index (κ1) is 35.3. The molecule has 0 bridgehead atoms. The molecule has 50 heavy (non-hydrogen) atoms. The molecule has 0 saturated heterocycles. The van der Waals surface area contributed by atoms with Crippen LogP contribution in [-0.4, -0.2) is 45.5 Å². The summed E-state index contributed by atoms with van der Waals surface area (Å²) >= 11 is 0. The second kappa shape index (κ2) is 18.0. The van der Waals surface area contributed by atoms with E-state index in [4.69, 9.17) is 33.2 Å². The molecule has 0 unspecified atom stereocenters. The summed E-state index contributed by atoms with van der Waals surface area (Å²) in [6.07, 6.45) is 3.68. The SMILES string of the molecule is COc1cccc(OCCCOC(=O)C(C)=COc2ccc3ccccc3c2)c1OCCCOC(=O)C(C)=COc1ccc2ccccc2c1. The van der Waals surface area contributed by atoms with Crippen molar-refractivity contribution in [3.63, 3.8) is 0 Å². The number of carbonyl (C=O) groups is 2. The Morgan fingerprint density at radius 3 is 1.54 bits per heavy atom. The summed E-state index contributed by atoms with van der Waals surface area (Å²) in [5.74, 6) is 1.73. The number of esters is 2. The highest BCUT2D eigenvalue weighted by atomic mass is 16.6. The van der Waals surface area contributed by atoms with Gasteiger partial charge >= 0.3 is 11.9 Å². The highest BCUT2D eigenvalue weighted by Gasteiger charge is 2.14. The lowest BCUT2D eigenvalue weighted by molar-refractivity contribution is -0.140.